The molecule has 0 saturated heterocycles. The van der Waals surface area contributed by atoms with Crippen LogP contribution in [0.3, 0.4) is 0 Å². The van der Waals surface area contributed by atoms with Crippen LogP contribution in [0.15, 0.2) is 77.6 Å². The summed E-state index contributed by atoms with van der Waals surface area (Å²) in [4.78, 5) is 26.0. The van der Waals surface area contributed by atoms with Crippen molar-refractivity contribution in [1.82, 2.24) is 24.5 Å². The monoisotopic (exact) mass is 511 g/mol. The number of carbonyl (C=O) groups excluding carboxylic acids is 1. The Bertz CT molecular complexity index is 1640. The van der Waals surface area contributed by atoms with E-state index in [2.05, 4.69) is 15.5 Å². The van der Waals surface area contributed by atoms with Crippen molar-refractivity contribution in [3.05, 3.63) is 100 Å². The Morgan fingerprint density at radius 2 is 1.71 bits per heavy atom. The zero-order chi connectivity index (χ0) is 26.5. The molecule has 0 spiro atoms. The quantitative estimate of drug-likeness (QED) is 0.309. The van der Waals surface area contributed by atoms with Crippen molar-refractivity contribution in [3.63, 3.8) is 0 Å². The van der Waals surface area contributed by atoms with Crippen molar-refractivity contribution in [2.75, 3.05) is 20.8 Å². The predicted octanol–water partition coefficient (Wildman–Crippen LogP) is 3.40. The number of aromatic nitrogens is 4. The lowest BCUT2D eigenvalue weighted by Crippen LogP contribution is -2.26. The molecule has 0 radical (unpaired) electrons. The standard InChI is InChI=1S/C29H29N5O4/c1-37-22-12-13-25(38-2)21(18-22)16-17-30-27(35)15-14-26-31-32-29-33(19-20-8-4-3-5-9-20)28(36)23-10-6-7-11-24(23)34(26)29/h3-13,18H,14-17,19H2,1-2H3,(H,30,35). The molecule has 38 heavy (non-hydrogen) atoms. The zero-order valence-corrected chi connectivity index (χ0v) is 21.4. The van der Waals surface area contributed by atoms with Gasteiger partial charge in [-0.2, -0.15) is 0 Å². The highest BCUT2D eigenvalue weighted by Gasteiger charge is 2.17. The first kappa shape index (κ1) is 25.0. The van der Waals surface area contributed by atoms with Crippen molar-refractivity contribution in [2.24, 2.45) is 0 Å². The molecule has 3 aromatic carbocycles. The zero-order valence-electron chi connectivity index (χ0n) is 21.4. The van der Waals surface area contributed by atoms with Gasteiger partial charge in [0.2, 0.25) is 11.7 Å². The SMILES string of the molecule is COc1ccc(OC)c(CCNC(=O)CCc2nnc3n(Cc4ccccc4)c(=O)c4ccccc4n23)c1. The average molecular weight is 512 g/mol. The first-order chi connectivity index (χ1) is 18.6. The van der Waals surface area contributed by atoms with Crippen molar-refractivity contribution < 1.29 is 14.3 Å². The Labute approximate surface area is 219 Å². The van der Waals surface area contributed by atoms with Gasteiger partial charge in [0.25, 0.3) is 5.56 Å². The summed E-state index contributed by atoms with van der Waals surface area (Å²) in [5.74, 6) is 2.48. The smallest absolute Gasteiger partial charge is 0.263 e. The summed E-state index contributed by atoms with van der Waals surface area (Å²) < 4.78 is 14.2. The van der Waals surface area contributed by atoms with Crippen LogP contribution in [0, 0.1) is 0 Å². The second-order valence-electron chi connectivity index (χ2n) is 8.92. The number of fused-ring (bicyclic) bond motifs is 3. The molecule has 0 unspecified atom stereocenters. The van der Waals surface area contributed by atoms with Crippen molar-refractivity contribution in [2.45, 2.75) is 25.8 Å². The fourth-order valence-electron chi connectivity index (χ4n) is 4.61. The van der Waals surface area contributed by atoms with E-state index < -0.39 is 0 Å². The van der Waals surface area contributed by atoms with Gasteiger partial charge in [-0.25, -0.2) is 0 Å². The molecule has 5 rings (SSSR count). The van der Waals surface area contributed by atoms with Crippen LogP contribution in [0.25, 0.3) is 16.7 Å². The van der Waals surface area contributed by atoms with Gasteiger partial charge in [-0.05, 0) is 47.9 Å². The molecule has 0 fully saturated rings. The summed E-state index contributed by atoms with van der Waals surface area (Å²) in [5.41, 5.74) is 2.55. The van der Waals surface area contributed by atoms with E-state index >= 15 is 0 Å². The molecule has 0 aliphatic rings. The first-order valence-electron chi connectivity index (χ1n) is 12.5. The molecule has 0 aliphatic carbocycles. The second-order valence-corrected chi connectivity index (χ2v) is 8.92. The van der Waals surface area contributed by atoms with Gasteiger partial charge in [0.1, 0.15) is 17.3 Å². The normalized spacial score (nSPS) is 11.1. The maximum atomic E-state index is 13.3. The van der Waals surface area contributed by atoms with Gasteiger partial charge in [0, 0.05) is 19.4 Å². The molecular formula is C29H29N5O4. The van der Waals surface area contributed by atoms with Crippen LogP contribution in [-0.4, -0.2) is 45.8 Å². The molecule has 9 nitrogen and oxygen atoms in total. The van der Waals surface area contributed by atoms with Crippen molar-refractivity contribution in [1.29, 1.82) is 0 Å². The van der Waals surface area contributed by atoms with E-state index in [1.54, 1.807) is 18.8 Å². The van der Waals surface area contributed by atoms with Crippen molar-refractivity contribution >= 4 is 22.6 Å². The predicted molar refractivity (Wildman–Crippen MR) is 145 cm³/mol. The van der Waals surface area contributed by atoms with Gasteiger partial charge in [0.15, 0.2) is 0 Å². The molecule has 0 aliphatic heterocycles. The van der Waals surface area contributed by atoms with Crippen LogP contribution in [0.2, 0.25) is 0 Å². The summed E-state index contributed by atoms with van der Waals surface area (Å²) in [5, 5.41) is 12.3. The maximum Gasteiger partial charge on any atom is 0.263 e. The van der Waals surface area contributed by atoms with E-state index in [9.17, 15) is 9.59 Å². The number of aryl methyl sites for hydroxylation is 1. The molecule has 1 N–H and O–H groups in total. The third-order valence-electron chi connectivity index (χ3n) is 6.54. The number of methoxy groups -OCH3 is 2. The molecule has 5 aromatic rings. The summed E-state index contributed by atoms with van der Waals surface area (Å²) in [6.45, 7) is 0.836. The van der Waals surface area contributed by atoms with Crippen LogP contribution in [0.5, 0.6) is 11.5 Å². The molecule has 2 aromatic heterocycles. The lowest BCUT2D eigenvalue weighted by Gasteiger charge is -2.12. The lowest BCUT2D eigenvalue weighted by atomic mass is 10.1. The third kappa shape index (κ3) is 5.08. The summed E-state index contributed by atoms with van der Waals surface area (Å²) >= 11 is 0. The molecular weight excluding hydrogens is 482 g/mol. The highest BCUT2D eigenvalue weighted by molar-refractivity contribution is 5.80. The number of nitrogens with zero attached hydrogens (tertiary/aromatic N) is 4. The van der Waals surface area contributed by atoms with Gasteiger partial charge in [-0.1, -0.05) is 42.5 Å². The molecule has 194 valence electrons. The van der Waals surface area contributed by atoms with E-state index in [1.165, 1.54) is 0 Å². The Hall–Kier alpha value is -4.66. The van der Waals surface area contributed by atoms with Crippen LogP contribution in [0.1, 0.15) is 23.4 Å². The number of para-hydroxylation sites is 1. The molecule has 0 atom stereocenters. The van der Waals surface area contributed by atoms with E-state index in [0.717, 1.165) is 28.1 Å². The first-order valence-corrected chi connectivity index (χ1v) is 12.5. The minimum Gasteiger partial charge on any atom is -0.497 e. The molecule has 0 saturated carbocycles. The second kappa shape index (κ2) is 11.2. The number of amides is 1. The fraction of sp³-hybridized carbons (Fsp3) is 0.241. The van der Waals surface area contributed by atoms with E-state index in [4.69, 9.17) is 9.47 Å². The minimum absolute atomic E-state index is 0.0921. The molecule has 2 heterocycles. The maximum absolute atomic E-state index is 13.3. The molecule has 9 heteroatoms. The number of ether oxygens (including phenoxy) is 2. The van der Waals surface area contributed by atoms with Crippen molar-refractivity contribution in [3.8, 4) is 11.5 Å². The van der Waals surface area contributed by atoms with Crippen LogP contribution < -0.4 is 20.3 Å². The highest BCUT2D eigenvalue weighted by Crippen LogP contribution is 2.24. The lowest BCUT2D eigenvalue weighted by molar-refractivity contribution is -0.121. The van der Waals surface area contributed by atoms with Crippen LogP contribution >= 0.6 is 0 Å². The Morgan fingerprint density at radius 1 is 0.921 bits per heavy atom. The Kier molecular flexibility index (Phi) is 7.35. The van der Waals surface area contributed by atoms with Gasteiger partial charge in [-0.3, -0.25) is 18.6 Å². The highest BCUT2D eigenvalue weighted by atomic mass is 16.5. The molecule has 1 amide bonds. The summed E-state index contributed by atoms with van der Waals surface area (Å²) in [6, 6.07) is 22.8. The number of benzene rings is 3. The topological polar surface area (TPSA) is 99.8 Å². The van der Waals surface area contributed by atoms with Gasteiger partial charge in [0.05, 0.1) is 31.7 Å². The Morgan fingerprint density at radius 3 is 2.50 bits per heavy atom. The molecule has 0 bridgehead atoms. The van der Waals surface area contributed by atoms with E-state index in [0.29, 0.717) is 42.9 Å². The number of rotatable bonds is 10. The number of carbonyl (C=O) groups is 1. The van der Waals surface area contributed by atoms with E-state index in [-0.39, 0.29) is 17.9 Å². The minimum atomic E-state index is -0.124. The third-order valence-corrected chi connectivity index (χ3v) is 6.54. The van der Waals surface area contributed by atoms with Gasteiger partial charge < -0.3 is 14.8 Å². The summed E-state index contributed by atoms with van der Waals surface area (Å²) in [7, 11) is 3.24. The number of nitrogens with one attached hydrogen (secondary N) is 1. The van der Waals surface area contributed by atoms with Crippen LogP contribution in [-0.2, 0) is 24.2 Å². The van der Waals surface area contributed by atoms with Gasteiger partial charge >= 0.3 is 0 Å². The summed E-state index contributed by atoms with van der Waals surface area (Å²) in [6.07, 6.45) is 1.22. The number of hydrogen-bond acceptors (Lipinski definition) is 6. The fourth-order valence-corrected chi connectivity index (χ4v) is 4.61. The van der Waals surface area contributed by atoms with Crippen LogP contribution in [0.4, 0.5) is 0 Å². The number of hydrogen-bond donors (Lipinski definition) is 1. The largest absolute Gasteiger partial charge is 0.497 e. The average Bonchev–Trinajstić information content (AvgIpc) is 3.38. The van der Waals surface area contributed by atoms with E-state index in [1.807, 2.05) is 77.2 Å². The Balaban J connectivity index is 1.33. The van der Waals surface area contributed by atoms with Gasteiger partial charge in [-0.15, -0.1) is 10.2 Å².